The molecule has 0 bridgehead atoms. The number of carbonyl (C=O) groups excluding carboxylic acids is 1. The van der Waals surface area contributed by atoms with Crippen molar-refractivity contribution in [3.05, 3.63) is 34.9 Å². The fourth-order valence-electron chi connectivity index (χ4n) is 2.01. The van der Waals surface area contributed by atoms with Gasteiger partial charge in [0.15, 0.2) is 0 Å². The smallest absolute Gasteiger partial charge is 0.257 e. The van der Waals surface area contributed by atoms with Crippen molar-refractivity contribution < 1.29 is 4.79 Å². The average Bonchev–Trinajstić information content (AvgIpc) is 2.55. The molecule has 1 aliphatic heterocycles. The predicted octanol–water partition coefficient (Wildman–Crippen LogP) is 3.30. The molecule has 0 fully saturated rings. The van der Waals surface area contributed by atoms with Crippen molar-refractivity contribution >= 4 is 34.7 Å². The summed E-state index contributed by atoms with van der Waals surface area (Å²) in [6, 6.07) is 5.75. The molecule has 1 N–H and O–H groups in total. The molecule has 0 radical (unpaired) electrons. The van der Waals surface area contributed by atoms with Crippen LogP contribution in [0.3, 0.4) is 0 Å². The number of nitrogens with one attached hydrogen (secondary N) is 1. The van der Waals surface area contributed by atoms with Crippen molar-refractivity contribution in [1.82, 2.24) is 5.32 Å². The fourth-order valence-corrected chi connectivity index (χ4v) is 2.42. The molecule has 2 rings (SSSR count). The van der Waals surface area contributed by atoms with Crippen molar-refractivity contribution in [1.29, 1.82) is 0 Å². The number of benzene rings is 1. The van der Waals surface area contributed by atoms with Gasteiger partial charge in [-0.25, -0.2) is 0 Å². The van der Waals surface area contributed by atoms with Gasteiger partial charge in [0.1, 0.15) is 4.99 Å². The lowest BCUT2D eigenvalue weighted by molar-refractivity contribution is 0.0982. The first-order chi connectivity index (χ1) is 8.33. The second kappa shape index (κ2) is 4.63. The Bertz CT molecular complexity index is 523. The van der Waals surface area contributed by atoms with Gasteiger partial charge in [-0.3, -0.25) is 4.79 Å². The molecule has 1 amide bonds. The summed E-state index contributed by atoms with van der Waals surface area (Å²) in [6.07, 6.45) is 0.658. The van der Waals surface area contributed by atoms with E-state index in [1.54, 1.807) is 0 Å². The first-order valence-electron chi connectivity index (χ1n) is 5.99. The molecule has 4 heteroatoms. The Morgan fingerprint density at radius 2 is 2.11 bits per heavy atom. The standard InChI is InChI=1S/C14H16ClNOS/c1-8(2)14(3,15)7-9-5-4-6-10-11(9)12(17)16-13(10)18/h4-6,8H,7H2,1-3H3,(H,16,17,18). The van der Waals surface area contributed by atoms with Crippen molar-refractivity contribution in [2.24, 2.45) is 5.92 Å². The highest BCUT2D eigenvalue weighted by molar-refractivity contribution is 7.80. The lowest BCUT2D eigenvalue weighted by atomic mass is 9.87. The molecule has 1 aliphatic rings. The van der Waals surface area contributed by atoms with Crippen LogP contribution >= 0.6 is 23.8 Å². The number of hydrogen-bond donors (Lipinski definition) is 1. The van der Waals surface area contributed by atoms with E-state index in [1.807, 2.05) is 25.1 Å². The summed E-state index contributed by atoms with van der Waals surface area (Å²) in [6.45, 7) is 6.17. The number of halogens is 1. The van der Waals surface area contributed by atoms with Crippen LogP contribution in [0.1, 0.15) is 42.3 Å². The second-order valence-corrected chi connectivity index (χ2v) is 6.50. The van der Waals surface area contributed by atoms with Crippen molar-refractivity contribution in [2.45, 2.75) is 32.1 Å². The first-order valence-corrected chi connectivity index (χ1v) is 6.78. The third kappa shape index (κ3) is 2.29. The van der Waals surface area contributed by atoms with Gasteiger partial charge in [-0.1, -0.05) is 44.3 Å². The van der Waals surface area contributed by atoms with E-state index in [0.29, 0.717) is 22.9 Å². The van der Waals surface area contributed by atoms with Crippen molar-refractivity contribution in [2.75, 3.05) is 0 Å². The second-order valence-electron chi connectivity index (χ2n) is 5.23. The van der Waals surface area contributed by atoms with Gasteiger partial charge in [0, 0.05) is 10.4 Å². The highest BCUT2D eigenvalue weighted by Crippen LogP contribution is 2.32. The number of rotatable bonds is 3. The lowest BCUT2D eigenvalue weighted by Crippen LogP contribution is -2.28. The van der Waals surface area contributed by atoms with Crippen molar-refractivity contribution in [3.8, 4) is 0 Å². The van der Waals surface area contributed by atoms with Crippen LogP contribution in [-0.2, 0) is 6.42 Å². The Morgan fingerprint density at radius 1 is 1.44 bits per heavy atom. The van der Waals surface area contributed by atoms with Gasteiger partial charge in [0.05, 0.1) is 5.56 Å². The summed E-state index contributed by atoms with van der Waals surface area (Å²) in [5.41, 5.74) is 2.48. The van der Waals surface area contributed by atoms with Gasteiger partial charge in [-0.05, 0) is 24.8 Å². The van der Waals surface area contributed by atoms with Gasteiger partial charge < -0.3 is 5.32 Å². The third-order valence-corrected chi connectivity index (χ3v) is 4.48. The molecule has 1 unspecified atom stereocenters. The van der Waals surface area contributed by atoms with Crippen LogP contribution in [0.2, 0.25) is 0 Å². The van der Waals surface area contributed by atoms with E-state index in [4.69, 9.17) is 23.8 Å². The summed E-state index contributed by atoms with van der Waals surface area (Å²) >= 11 is 11.7. The molecular weight excluding hydrogens is 266 g/mol. The number of alkyl halides is 1. The molecule has 1 heterocycles. The zero-order chi connectivity index (χ0) is 13.5. The Kier molecular flexibility index (Phi) is 3.47. The van der Waals surface area contributed by atoms with E-state index in [1.165, 1.54) is 0 Å². The molecule has 1 aromatic rings. The summed E-state index contributed by atoms with van der Waals surface area (Å²) in [5.74, 6) is 0.216. The molecule has 0 spiro atoms. The van der Waals surface area contributed by atoms with E-state index in [-0.39, 0.29) is 10.8 Å². The Labute approximate surface area is 118 Å². The summed E-state index contributed by atoms with van der Waals surface area (Å²) in [7, 11) is 0. The topological polar surface area (TPSA) is 29.1 Å². The fraction of sp³-hybridized carbons (Fsp3) is 0.429. The molecular formula is C14H16ClNOS. The predicted molar refractivity (Wildman–Crippen MR) is 78.4 cm³/mol. The number of hydrogen-bond acceptors (Lipinski definition) is 2. The minimum absolute atomic E-state index is 0.109. The number of carbonyl (C=O) groups is 1. The van der Waals surface area contributed by atoms with Crippen LogP contribution in [0, 0.1) is 5.92 Å². The van der Waals surface area contributed by atoms with E-state index >= 15 is 0 Å². The maximum Gasteiger partial charge on any atom is 0.257 e. The molecule has 1 atom stereocenters. The van der Waals surface area contributed by atoms with Gasteiger partial charge in [-0.2, -0.15) is 0 Å². The number of thiocarbonyl (C=S) groups is 1. The molecule has 1 aromatic carbocycles. The SMILES string of the molecule is CC(C)C(C)(Cl)Cc1cccc2c1C(=O)NC2=S. The quantitative estimate of drug-likeness (QED) is 0.680. The first kappa shape index (κ1) is 13.5. The van der Waals surface area contributed by atoms with Crippen LogP contribution in [0.25, 0.3) is 0 Å². The van der Waals surface area contributed by atoms with Crippen LogP contribution < -0.4 is 5.32 Å². The van der Waals surface area contributed by atoms with Gasteiger partial charge in [0.2, 0.25) is 0 Å². The Hall–Kier alpha value is -0.930. The van der Waals surface area contributed by atoms with Gasteiger partial charge in [0.25, 0.3) is 5.91 Å². The summed E-state index contributed by atoms with van der Waals surface area (Å²) < 4.78 is 0. The molecule has 0 saturated carbocycles. The molecule has 2 nitrogen and oxygen atoms in total. The zero-order valence-electron chi connectivity index (χ0n) is 10.7. The number of amides is 1. The highest BCUT2D eigenvalue weighted by atomic mass is 35.5. The molecule has 0 aliphatic carbocycles. The van der Waals surface area contributed by atoms with E-state index in [2.05, 4.69) is 19.2 Å². The molecule has 0 saturated heterocycles. The maximum atomic E-state index is 11.9. The van der Waals surface area contributed by atoms with Crippen LogP contribution in [0.15, 0.2) is 18.2 Å². The lowest BCUT2D eigenvalue weighted by Gasteiger charge is -2.27. The summed E-state index contributed by atoms with van der Waals surface area (Å²) in [5, 5.41) is 2.69. The van der Waals surface area contributed by atoms with Crippen molar-refractivity contribution in [3.63, 3.8) is 0 Å². The molecule has 18 heavy (non-hydrogen) atoms. The summed E-state index contributed by atoms with van der Waals surface area (Å²) in [4.78, 5) is 12.1. The largest absolute Gasteiger partial charge is 0.312 e. The van der Waals surface area contributed by atoms with Gasteiger partial charge in [-0.15, -0.1) is 11.6 Å². The minimum atomic E-state index is -0.361. The van der Waals surface area contributed by atoms with Crippen LogP contribution in [-0.4, -0.2) is 15.8 Å². The third-order valence-electron chi connectivity index (χ3n) is 3.59. The monoisotopic (exact) mass is 281 g/mol. The van der Waals surface area contributed by atoms with E-state index in [0.717, 1.165) is 11.1 Å². The molecule has 96 valence electrons. The highest BCUT2D eigenvalue weighted by Gasteiger charge is 2.31. The normalized spacial score (nSPS) is 17.6. The number of fused-ring (bicyclic) bond motifs is 1. The molecule has 0 aromatic heterocycles. The van der Waals surface area contributed by atoms with Gasteiger partial charge >= 0.3 is 0 Å². The van der Waals surface area contributed by atoms with Crippen LogP contribution in [0.4, 0.5) is 0 Å². The Balaban J connectivity index is 2.43. The van der Waals surface area contributed by atoms with Crippen LogP contribution in [0.5, 0.6) is 0 Å². The maximum absolute atomic E-state index is 11.9. The zero-order valence-corrected chi connectivity index (χ0v) is 12.3. The van der Waals surface area contributed by atoms with E-state index < -0.39 is 0 Å². The van der Waals surface area contributed by atoms with E-state index in [9.17, 15) is 4.79 Å². The Morgan fingerprint density at radius 3 is 2.72 bits per heavy atom. The minimum Gasteiger partial charge on any atom is -0.312 e. The average molecular weight is 282 g/mol.